The molecule has 3 rings (SSSR count). The van der Waals surface area contributed by atoms with Gasteiger partial charge in [0.25, 0.3) is 0 Å². The summed E-state index contributed by atoms with van der Waals surface area (Å²) < 4.78 is 7.40. The zero-order valence-electron chi connectivity index (χ0n) is 14.4. The Morgan fingerprint density at radius 1 is 0.792 bits per heavy atom. The van der Waals surface area contributed by atoms with Crippen LogP contribution in [0.1, 0.15) is 26.7 Å². The zero-order valence-corrected chi connectivity index (χ0v) is 23.9. The van der Waals surface area contributed by atoms with Gasteiger partial charge in [0.2, 0.25) is 0 Å². The van der Waals surface area contributed by atoms with Crippen molar-refractivity contribution in [2.75, 3.05) is 23.0 Å². The third kappa shape index (κ3) is 8.20. The van der Waals surface area contributed by atoms with Gasteiger partial charge in [-0.15, -0.1) is 0 Å². The first-order valence-electron chi connectivity index (χ1n) is 8.80. The fourth-order valence-electron chi connectivity index (χ4n) is 2.29. The van der Waals surface area contributed by atoms with Crippen LogP contribution in [0.15, 0.2) is 0 Å². The van der Waals surface area contributed by atoms with E-state index in [1.807, 2.05) is 0 Å². The van der Waals surface area contributed by atoms with Crippen molar-refractivity contribution in [3.05, 3.63) is 0 Å². The standard InChI is InChI=1S/C16H28S6Te2/c1-3-5-23-15-13(21-15)19-9-11-7-18-12(8-17-11)10-20-14-16(22-14)24-6-4-2/h11-16H,3-10H2,1-2H3. The fourth-order valence-corrected chi connectivity index (χ4v) is 23.5. The minimum atomic E-state index is 0.339. The van der Waals surface area contributed by atoms with Gasteiger partial charge in [0.1, 0.15) is 0 Å². The number of thioether (sulfide) groups is 6. The number of rotatable bonds is 12. The number of hydrogen-bond donors (Lipinski definition) is 0. The molecule has 0 aromatic carbocycles. The van der Waals surface area contributed by atoms with Gasteiger partial charge in [0.15, 0.2) is 0 Å². The molecule has 6 unspecified atom stereocenters. The Hall–Kier alpha value is 3.68. The Bertz CT molecular complexity index is 332. The molecule has 24 heavy (non-hydrogen) atoms. The molecule has 0 spiro atoms. The molecule has 8 heteroatoms. The fraction of sp³-hybridized carbons (Fsp3) is 1.00. The molecule has 0 bridgehead atoms. The van der Waals surface area contributed by atoms with Gasteiger partial charge in [0, 0.05) is 0 Å². The van der Waals surface area contributed by atoms with Gasteiger partial charge in [0.05, 0.1) is 0 Å². The van der Waals surface area contributed by atoms with E-state index in [1.165, 1.54) is 35.9 Å². The van der Waals surface area contributed by atoms with Gasteiger partial charge in [-0.3, -0.25) is 0 Å². The Morgan fingerprint density at radius 2 is 1.25 bits per heavy atom. The Kier molecular flexibility index (Phi) is 11.5. The van der Waals surface area contributed by atoms with Gasteiger partial charge in [-0.05, 0) is 0 Å². The van der Waals surface area contributed by atoms with Crippen molar-refractivity contribution in [2.45, 2.75) is 61.9 Å². The van der Waals surface area contributed by atoms with Crippen molar-refractivity contribution in [1.29, 1.82) is 0 Å². The van der Waals surface area contributed by atoms with Gasteiger partial charge in [-0.2, -0.15) is 0 Å². The Labute approximate surface area is 194 Å². The molecule has 0 aromatic heterocycles. The van der Waals surface area contributed by atoms with Crippen LogP contribution in [0.3, 0.4) is 0 Å². The number of hydrogen-bond acceptors (Lipinski definition) is 6. The summed E-state index contributed by atoms with van der Waals surface area (Å²) in [6.45, 7) is 4.69. The molecule has 0 aliphatic carbocycles. The van der Waals surface area contributed by atoms with E-state index < -0.39 is 0 Å². The zero-order chi connectivity index (χ0) is 16.8. The van der Waals surface area contributed by atoms with Crippen molar-refractivity contribution in [3.8, 4) is 0 Å². The van der Waals surface area contributed by atoms with E-state index in [4.69, 9.17) is 0 Å². The van der Waals surface area contributed by atoms with Crippen LogP contribution in [-0.4, -0.2) is 91.1 Å². The maximum atomic E-state index is 2.35. The van der Waals surface area contributed by atoms with Crippen LogP contribution < -0.4 is 0 Å². The van der Waals surface area contributed by atoms with Crippen LogP contribution in [0.5, 0.6) is 0 Å². The average Bonchev–Trinajstić information content (AvgIpc) is 3.52. The molecule has 3 aliphatic rings. The molecule has 0 nitrogen and oxygen atoms in total. The molecule has 0 radical (unpaired) electrons. The van der Waals surface area contributed by atoms with Crippen molar-refractivity contribution >= 4 is 112 Å². The summed E-state index contributed by atoms with van der Waals surface area (Å²) >= 11 is 14.5. The van der Waals surface area contributed by atoms with E-state index in [9.17, 15) is 0 Å². The van der Waals surface area contributed by atoms with Gasteiger partial charge in [-0.1, -0.05) is 0 Å². The van der Waals surface area contributed by atoms with Crippen LogP contribution >= 0.6 is 70.6 Å². The summed E-state index contributed by atoms with van der Waals surface area (Å²) in [5, 5.41) is 1.88. The molecule has 0 aromatic rings. The van der Waals surface area contributed by atoms with E-state index in [2.05, 4.69) is 84.4 Å². The third-order valence-corrected chi connectivity index (χ3v) is 26.1. The van der Waals surface area contributed by atoms with Crippen LogP contribution in [0.4, 0.5) is 0 Å². The maximum absolute atomic E-state index is 2.35. The van der Waals surface area contributed by atoms with Crippen molar-refractivity contribution in [2.24, 2.45) is 0 Å². The summed E-state index contributed by atoms with van der Waals surface area (Å²) in [5.41, 5.74) is 0. The predicted molar refractivity (Wildman–Crippen MR) is 129 cm³/mol. The molecule has 0 saturated carbocycles. The summed E-state index contributed by atoms with van der Waals surface area (Å²) in [5.74, 6) is 5.69. The van der Waals surface area contributed by atoms with Gasteiger partial charge >= 0.3 is 197 Å². The topological polar surface area (TPSA) is 0 Å². The van der Waals surface area contributed by atoms with Crippen molar-refractivity contribution < 1.29 is 0 Å². The van der Waals surface area contributed by atoms with Crippen LogP contribution in [0.25, 0.3) is 0 Å². The van der Waals surface area contributed by atoms with E-state index in [1.54, 1.807) is 8.94 Å². The monoisotopic (exact) mass is 672 g/mol. The van der Waals surface area contributed by atoms with E-state index >= 15 is 0 Å². The van der Waals surface area contributed by atoms with Crippen molar-refractivity contribution in [1.82, 2.24) is 0 Å². The second kappa shape index (κ2) is 12.4. The second-order valence-electron chi connectivity index (χ2n) is 6.06. The SMILES string of the molecule is CCC[Te]C1SC1SCC1CSC(CSC2SC2[Te]CCC)CS1. The molecule has 0 amide bonds. The first-order valence-corrected chi connectivity index (χ1v) is 20.9. The first-order chi connectivity index (χ1) is 11.8. The molecule has 6 atom stereocenters. The quantitative estimate of drug-likeness (QED) is 0.197. The van der Waals surface area contributed by atoms with Crippen molar-refractivity contribution in [3.63, 3.8) is 0 Å². The molecule has 3 heterocycles. The van der Waals surface area contributed by atoms with Gasteiger partial charge < -0.3 is 0 Å². The molecule has 140 valence electrons. The third-order valence-electron chi connectivity index (χ3n) is 3.73. The summed E-state index contributed by atoms with van der Waals surface area (Å²) in [7, 11) is 0. The normalized spacial score (nSPS) is 38.2. The van der Waals surface area contributed by atoms with Crippen LogP contribution in [0, 0.1) is 0 Å². The van der Waals surface area contributed by atoms with Gasteiger partial charge in [-0.25, -0.2) is 0 Å². The molecule has 0 N–H and O–H groups in total. The van der Waals surface area contributed by atoms with Crippen LogP contribution in [0.2, 0.25) is 8.94 Å². The summed E-state index contributed by atoms with van der Waals surface area (Å²) in [6.07, 6.45) is 2.85. The predicted octanol–water partition coefficient (Wildman–Crippen LogP) is 5.53. The minimum absolute atomic E-state index is 0.339. The Morgan fingerprint density at radius 3 is 1.62 bits per heavy atom. The van der Waals surface area contributed by atoms with E-state index in [0.717, 1.165) is 26.3 Å². The summed E-state index contributed by atoms with van der Waals surface area (Å²) in [4.78, 5) is 0. The van der Waals surface area contributed by atoms with E-state index in [0.29, 0.717) is 41.8 Å². The van der Waals surface area contributed by atoms with E-state index in [-0.39, 0.29) is 0 Å². The molecular weight excluding hydrogens is 640 g/mol. The molecule has 3 aliphatic heterocycles. The first kappa shape index (κ1) is 22.4. The van der Waals surface area contributed by atoms with Crippen LogP contribution in [-0.2, 0) is 0 Å². The second-order valence-corrected chi connectivity index (χ2v) is 23.2. The molecular formula is C16H28S6Te2. The average molecular weight is 668 g/mol. The summed E-state index contributed by atoms with van der Waals surface area (Å²) in [6, 6.07) is 0. The molecule has 3 saturated heterocycles. The molecule has 3 fully saturated rings. The Balaban J connectivity index is 1.19.